The minimum absolute atomic E-state index is 0.00772. The number of benzene rings is 1. The summed E-state index contributed by atoms with van der Waals surface area (Å²) in [4.78, 5) is 39.9. The Labute approximate surface area is 206 Å². The molecule has 1 aliphatic carbocycles. The van der Waals surface area contributed by atoms with Crippen LogP contribution in [0.15, 0.2) is 17.1 Å². The number of fused-ring (bicyclic) bond motifs is 5. The lowest BCUT2D eigenvalue weighted by molar-refractivity contribution is -0.132. The van der Waals surface area contributed by atoms with Gasteiger partial charge in [-0.05, 0) is 19.3 Å². The smallest absolute Gasteiger partial charge is 0.276 e. The van der Waals surface area contributed by atoms with E-state index in [0.717, 1.165) is 12.6 Å². The van der Waals surface area contributed by atoms with Crippen molar-refractivity contribution in [2.45, 2.75) is 50.7 Å². The number of aromatic nitrogens is 1. The number of rotatable bonds is 5. The van der Waals surface area contributed by atoms with Crippen molar-refractivity contribution in [1.29, 1.82) is 0 Å². The van der Waals surface area contributed by atoms with Crippen LogP contribution in [-0.2, 0) is 28.2 Å². The van der Waals surface area contributed by atoms with Gasteiger partial charge in [0.2, 0.25) is 11.2 Å². The van der Waals surface area contributed by atoms with Crippen LogP contribution < -0.4 is 14.9 Å². The lowest BCUT2D eigenvalue weighted by atomic mass is 10.1. The number of carbonyl (C=O) groups excluding carboxylic acids is 2. The average Bonchev–Trinajstić information content (AvgIpc) is 3.18. The molecule has 3 atom stereocenters. The van der Waals surface area contributed by atoms with Crippen molar-refractivity contribution >= 4 is 22.2 Å². The molecule has 1 aromatic heterocycles. The summed E-state index contributed by atoms with van der Waals surface area (Å²) in [5, 5.41) is 12.5. The Morgan fingerprint density at radius 1 is 1.24 bits per heavy atom. The number of hydrogen-bond acceptors (Lipinski definition) is 9. The van der Waals surface area contributed by atoms with Crippen LogP contribution in [0.3, 0.4) is 0 Å². The Bertz CT molecular complexity index is 1510. The highest BCUT2D eigenvalue weighted by Crippen LogP contribution is 2.38. The van der Waals surface area contributed by atoms with Gasteiger partial charge in [0.1, 0.15) is 11.4 Å². The van der Waals surface area contributed by atoms with E-state index in [-0.39, 0.29) is 30.5 Å². The molecule has 1 saturated carbocycles. The van der Waals surface area contributed by atoms with Gasteiger partial charge in [0.05, 0.1) is 12.6 Å². The molecule has 3 heterocycles. The zero-order chi connectivity index (χ0) is 26.8. The molecule has 2 fully saturated rings. The first-order valence-electron chi connectivity index (χ1n) is 10.9. The van der Waals surface area contributed by atoms with Gasteiger partial charge in [0.25, 0.3) is 22.2 Å². The number of ether oxygens (including phenoxy) is 1. The molecule has 1 saturated heterocycles. The minimum atomic E-state index is -5.61. The third-order valence-corrected chi connectivity index (χ3v) is 6.91. The van der Waals surface area contributed by atoms with E-state index in [1.807, 2.05) is 5.32 Å². The SMILES string of the molecule is O=C(NCc1c(F)cc(F)c(OS(=O)(=O)[O-])c1F)c1cn2c(c(O)c1=O)C(=O)N1[C@H]3CC[C@H](C3)O[C@@H]1C2. The Hall–Kier alpha value is -3.63. The van der Waals surface area contributed by atoms with Crippen LogP contribution in [0.4, 0.5) is 13.2 Å². The van der Waals surface area contributed by atoms with E-state index in [9.17, 15) is 45.6 Å². The van der Waals surface area contributed by atoms with Crippen LogP contribution in [0.25, 0.3) is 0 Å². The van der Waals surface area contributed by atoms with Crippen LogP contribution in [0.2, 0.25) is 0 Å². The molecular formula is C21H17F3N3O9S-. The Kier molecular flexibility index (Phi) is 5.91. The molecule has 2 aromatic rings. The molecule has 37 heavy (non-hydrogen) atoms. The molecule has 0 spiro atoms. The summed E-state index contributed by atoms with van der Waals surface area (Å²) in [5.74, 6) is -9.83. The monoisotopic (exact) mass is 544 g/mol. The van der Waals surface area contributed by atoms with E-state index in [4.69, 9.17) is 4.74 Å². The number of nitrogens with zero attached hydrogens (tertiary/aromatic N) is 2. The molecule has 2 aliphatic heterocycles. The summed E-state index contributed by atoms with van der Waals surface area (Å²) < 4.78 is 85.3. The quantitative estimate of drug-likeness (QED) is 0.402. The van der Waals surface area contributed by atoms with E-state index >= 15 is 0 Å². The van der Waals surface area contributed by atoms with Gasteiger partial charge in [-0.2, -0.15) is 0 Å². The highest BCUT2D eigenvalue weighted by molar-refractivity contribution is 7.81. The molecule has 0 unspecified atom stereocenters. The molecule has 198 valence electrons. The second-order valence-electron chi connectivity index (χ2n) is 8.75. The first-order valence-corrected chi connectivity index (χ1v) is 12.2. The third kappa shape index (κ3) is 4.30. The van der Waals surface area contributed by atoms with Crippen molar-refractivity contribution in [2.24, 2.45) is 0 Å². The van der Waals surface area contributed by atoms with Crippen LogP contribution in [-0.4, -0.2) is 57.7 Å². The number of hydrogen-bond donors (Lipinski definition) is 2. The highest BCUT2D eigenvalue weighted by atomic mass is 32.3. The predicted molar refractivity (Wildman–Crippen MR) is 113 cm³/mol. The predicted octanol–water partition coefficient (Wildman–Crippen LogP) is 0.473. The fourth-order valence-corrected chi connectivity index (χ4v) is 5.29. The van der Waals surface area contributed by atoms with Crippen molar-refractivity contribution in [3.05, 3.63) is 56.8 Å². The summed E-state index contributed by atoms with van der Waals surface area (Å²) in [6, 6.07) is -0.0623. The van der Waals surface area contributed by atoms with Crippen molar-refractivity contribution in [3.63, 3.8) is 0 Å². The Morgan fingerprint density at radius 2 is 1.97 bits per heavy atom. The topological polar surface area (TPSA) is 167 Å². The zero-order valence-electron chi connectivity index (χ0n) is 18.6. The highest BCUT2D eigenvalue weighted by Gasteiger charge is 2.47. The second-order valence-corrected chi connectivity index (χ2v) is 9.73. The van der Waals surface area contributed by atoms with E-state index in [1.54, 1.807) is 0 Å². The molecule has 3 aliphatic rings. The number of aromatic hydroxyl groups is 1. The molecule has 2 amide bonds. The zero-order valence-corrected chi connectivity index (χ0v) is 19.4. The number of amides is 2. The van der Waals surface area contributed by atoms with Gasteiger partial charge < -0.3 is 33.4 Å². The summed E-state index contributed by atoms with van der Waals surface area (Å²) >= 11 is 0. The molecular weight excluding hydrogens is 527 g/mol. The second kappa shape index (κ2) is 8.74. The molecule has 2 bridgehead atoms. The number of nitrogens with one attached hydrogen (secondary N) is 1. The van der Waals surface area contributed by atoms with E-state index < -0.39 is 80.5 Å². The van der Waals surface area contributed by atoms with Gasteiger partial charge in [0.15, 0.2) is 29.3 Å². The fourth-order valence-electron chi connectivity index (χ4n) is 4.93. The first-order chi connectivity index (χ1) is 17.4. The van der Waals surface area contributed by atoms with Gasteiger partial charge in [-0.15, -0.1) is 0 Å². The summed E-state index contributed by atoms with van der Waals surface area (Å²) in [7, 11) is -5.61. The van der Waals surface area contributed by atoms with Crippen LogP contribution in [0.5, 0.6) is 11.5 Å². The Balaban J connectivity index is 1.43. The largest absolute Gasteiger partial charge is 0.716 e. The van der Waals surface area contributed by atoms with Crippen molar-refractivity contribution < 1.29 is 49.8 Å². The van der Waals surface area contributed by atoms with Gasteiger partial charge in [-0.3, -0.25) is 14.4 Å². The summed E-state index contributed by atoms with van der Waals surface area (Å²) in [5.41, 5.74) is -3.31. The Morgan fingerprint density at radius 3 is 2.68 bits per heavy atom. The van der Waals surface area contributed by atoms with Gasteiger partial charge in [-0.1, -0.05) is 0 Å². The summed E-state index contributed by atoms with van der Waals surface area (Å²) in [6.45, 7) is -1.02. The van der Waals surface area contributed by atoms with Crippen LogP contribution in [0.1, 0.15) is 45.7 Å². The maximum absolute atomic E-state index is 14.5. The van der Waals surface area contributed by atoms with Crippen molar-refractivity contribution in [2.75, 3.05) is 0 Å². The average molecular weight is 544 g/mol. The fraction of sp³-hybridized carbons (Fsp3) is 0.381. The number of pyridine rings is 1. The van der Waals surface area contributed by atoms with E-state index in [1.165, 1.54) is 9.47 Å². The minimum Gasteiger partial charge on any atom is -0.716 e. The normalized spacial score (nSPS) is 22.4. The number of carbonyl (C=O) groups is 2. The molecule has 2 N–H and O–H groups in total. The molecule has 0 radical (unpaired) electrons. The summed E-state index contributed by atoms with van der Waals surface area (Å²) in [6.07, 6.45) is 2.38. The lowest BCUT2D eigenvalue weighted by Gasteiger charge is -2.44. The van der Waals surface area contributed by atoms with Crippen molar-refractivity contribution in [1.82, 2.24) is 14.8 Å². The van der Waals surface area contributed by atoms with Gasteiger partial charge in [-0.25, -0.2) is 21.6 Å². The molecule has 5 rings (SSSR count). The third-order valence-electron chi connectivity index (χ3n) is 6.53. The number of halogens is 3. The molecule has 12 nitrogen and oxygen atoms in total. The molecule has 16 heteroatoms. The maximum Gasteiger partial charge on any atom is 0.276 e. The van der Waals surface area contributed by atoms with Crippen molar-refractivity contribution in [3.8, 4) is 11.5 Å². The van der Waals surface area contributed by atoms with Gasteiger partial charge in [0, 0.05) is 30.4 Å². The standard InChI is InChI=1S/C21H18F3N3O9S/c22-12-4-13(23)19(36-37(32,33)34)15(24)10(12)5-25-20(30)11-6-26-7-14-27(8-1-2-9(3-8)35-14)21(31)16(26)18(29)17(11)28/h4,6,8-9,14,29H,1-3,5,7H2,(H,25,30)(H,32,33,34)/p-1/t8-,9+,14+/m0/s1. The van der Waals surface area contributed by atoms with Crippen LogP contribution >= 0.6 is 0 Å². The van der Waals surface area contributed by atoms with Gasteiger partial charge >= 0.3 is 0 Å². The first kappa shape index (κ1) is 25.0. The molecule has 1 aromatic carbocycles. The maximum atomic E-state index is 14.5. The van der Waals surface area contributed by atoms with Crippen LogP contribution in [0, 0.1) is 17.5 Å². The van der Waals surface area contributed by atoms with E-state index in [0.29, 0.717) is 12.8 Å². The van der Waals surface area contributed by atoms with E-state index in [2.05, 4.69) is 4.18 Å². The lowest BCUT2D eigenvalue weighted by Crippen LogP contribution is -2.57.